The first-order valence-corrected chi connectivity index (χ1v) is 14.3. The summed E-state index contributed by atoms with van der Waals surface area (Å²) in [5.41, 5.74) is 0.308. The summed E-state index contributed by atoms with van der Waals surface area (Å²) in [4.78, 5) is 26.4. The van der Waals surface area contributed by atoms with Crippen molar-refractivity contribution in [2.75, 3.05) is 43.4 Å². The van der Waals surface area contributed by atoms with Gasteiger partial charge >= 0.3 is 0 Å². The van der Waals surface area contributed by atoms with E-state index in [4.69, 9.17) is 4.74 Å². The minimum absolute atomic E-state index is 0.0772. The number of ether oxygens (including phenoxy) is 1. The zero-order valence-corrected chi connectivity index (χ0v) is 21.2. The van der Waals surface area contributed by atoms with E-state index in [-0.39, 0.29) is 29.9 Å². The second-order valence-corrected chi connectivity index (χ2v) is 11.7. The molecule has 1 saturated carbocycles. The van der Waals surface area contributed by atoms with Gasteiger partial charge < -0.3 is 10.1 Å². The number of carbonyl (C=O) groups is 2. The highest BCUT2D eigenvalue weighted by atomic mass is 32.2. The molecule has 1 heterocycles. The zero-order chi connectivity index (χ0) is 23.8. The first-order chi connectivity index (χ1) is 15.9. The van der Waals surface area contributed by atoms with Crippen LogP contribution in [0.15, 0.2) is 23.1 Å². The molecular weight excluding hydrogens is 462 g/mol. The van der Waals surface area contributed by atoms with E-state index in [1.54, 1.807) is 19.9 Å². The minimum Gasteiger partial charge on any atom is -0.482 e. The van der Waals surface area contributed by atoms with E-state index >= 15 is 0 Å². The molecule has 2 aliphatic rings. The summed E-state index contributed by atoms with van der Waals surface area (Å²) in [7, 11) is -3.70. The molecule has 1 aromatic rings. The average Bonchev–Trinajstić information content (AvgIpc) is 2.81. The van der Waals surface area contributed by atoms with E-state index in [2.05, 4.69) is 5.32 Å². The maximum absolute atomic E-state index is 12.9. The summed E-state index contributed by atoms with van der Waals surface area (Å²) in [6.07, 6.45) is 7.46. The van der Waals surface area contributed by atoms with E-state index in [1.807, 2.05) is 11.8 Å². The number of hydrogen-bond donors (Lipinski definition) is 1. The average molecular weight is 498 g/mol. The molecule has 0 atom stereocenters. The van der Waals surface area contributed by atoms with Gasteiger partial charge in [0.1, 0.15) is 12.3 Å². The maximum Gasteiger partial charge on any atom is 0.265 e. The van der Waals surface area contributed by atoms with Crippen molar-refractivity contribution in [3.8, 4) is 5.75 Å². The van der Waals surface area contributed by atoms with Crippen LogP contribution in [0.2, 0.25) is 0 Å². The molecule has 1 fully saturated rings. The molecule has 33 heavy (non-hydrogen) atoms. The number of amides is 2. The lowest BCUT2D eigenvalue weighted by molar-refractivity contribution is -0.125. The number of hydrogen-bond acceptors (Lipinski definition) is 6. The van der Waals surface area contributed by atoms with E-state index < -0.39 is 10.0 Å². The number of anilines is 1. The van der Waals surface area contributed by atoms with E-state index in [9.17, 15) is 18.0 Å². The minimum atomic E-state index is -3.70. The third kappa shape index (κ3) is 6.64. The van der Waals surface area contributed by atoms with Crippen molar-refractivity contribution in [1.29, 1.82) is 0 Å². The molecule has 0 spiro atoms. The highest BCUT2D eigenvalue weighted by molar-refractivity contribution is 7.99. The summed E-state index contributed by atoms with van der Waals surface area (Å²) < 4.78 is 32.6. The van der Waals surface area contributed by atoms with Gasteiger partial charge in [-0.1, -0.05) is 33.1 Å². The van der Waals surface area contributed by atoms with Gasteiger partial charge in [-0.15, -0.1) is 0 Å². The Kier molecular flexibility index (Phi) is 9.46. The normalized spacial score (nSPS) is 17.1. The number of nitrogens with one attached hydrogen (secondary N) is 1. The Hall–Kier alpha value is -1.78. The highest BCUT2D eigenvalue weighted by Gasteiger charge is 2.30. The molecule has 0 radical (unpaired) electrons. The van der Waals surface area contributed by atoms with Crippen molar-refractivity contribution in [2.24, 2.45) is 0 Å². The van der Waals surface area contributed by atoms with Crippen LogP contribution in [0.4, 0.5) is 5.69 Å². The standard InChI is InChI=1S/C23H35N3O5S2/c1-3-25(4-2)33(29,30)19-11-12-21-20(15-19)26(23(28)17-31-21)16-22(27)24-13-8-14-32-18-9-6-5-7-10-18/h11-12,15,18H,3-10,13-14,16-17H2,1-2H3,(H,24,27). The van der Waals surface area contributed by atoms with Gasteiger partial charge in [-0.2, -0.15) is 16.1 Å². The Morgan fingerprint density at radius 1 is 1.21 bits per heavy atom. The molecule has 8 nitrogen and oxygen atoms in total. The van der Waals surface area contributed by atoms with Crippen LogP contribution in [0.5, 0.6) is 5.75 Å². The van der Waals surface area contributed by atoms with E-state index in [1.165, 1.54) is 53.4 Å². The van der Waals surface area contributed by atoms with E-state index in [0.29, 0.717) is 31.1 Å². The van der Waals surface area contributed by atoms with Crippen LogP contribution in [-0.2, 0) is 19.6 Å². The number of nitrogens with zero attached hydrogens (tertiary/aromatic N) is 2. The van der Waals surface area contributed by atoms with Crippen molar-refractivity contribution in [2.45, 2.75) is 62.5 Å². The van der Waals surface area contributed by atoms with E-state index in [0.717, 1.165) is 17.4 Å². The molecule has 2 amide bonds. The Balaban J connectivity index is 1.59. The van der Waals surface area contributed by atoms with Crippen LogP contribution < -0.4 is 15.0 Å². The topological polar surface area (TPSA) is 96.0 Å². The summed E-state index contributed by atoms with van der Waals surface area (Å²) >= 11 is 1.99. The Morgan fingerprint density at radius 3 is 2.64 bits per heavy atom. The van der Waals surface area contributed by atoms with Crippen LogP contribution in [0.3, 0.4) is 0 Å². The smallest absolute Gasteiger partial charge is 0.265 e. The van der Waals surface area contributed by atoms with Gasteiger partial charge in [0, 0.05) is 24.9 Å². The summed E-state index contributed by atoms with van der Waals surface area (Å²) in [5.74, 6) is 0.764. The number of benzene rings is 1. The molecule has 184 valence electrons. The molecule has 1 aromatic carbocycles. The van der Waals surface area contributed by atoms with Crippen LogP contribution in [0.25, 0.3) is 0 Å². The summed E-state index contributed by atoms with van der Waals surface area (Å²) in [6.45, 7) is 4.44. The molecule has 0 saturated heterocycles. The molecule has 10 heteroatoms. The Morgan fingerprint density at radius 2 is 1.94 bits per heavy atom. The lowest BCUT2D eigenvalue weighted by atomic mass is 10.0. The predicted octanol–water partition coefficient (Wildman–Crippen LogP) is 3.01. The molecule has 0 unspecified atom stereocenters. The van der Waals surface area contributed by atoms with Gasteiger partial charge in [-0.3, -0.25) is 14.5 Å². The molecule has 3 rings (SSSR count). The fourth-order valence-electron chi connectivity index (χ4n) is 4.21. The van der Waals surface area contributed by atoms with Crippen LogP contribution in [0.1, 0.15) is 52.4 Å². The fourth-order valence-corrected chi connectivity index (χ4v) is 7.00. The molecule has 1 aliphatic carbocycles. The number of carbonyl (C=O) groups excluding carboxylic acids is 2. The van der Waals surface area contributed by atoms with Crippen molar-refractivity contribution in [3.05, 3.63) is 18.2 Å². The number of thioether (sulfide) groups is 1. The van der Waals surface area contributed by atoms with Crippen molar-refractivity contribution < 1.29 is 22.7 Å². The van der Waals surface area contributed by atoms with Gasteiger partial charge in [0.05, 0.1) is 10.6 Å². The number of fused-ring (bicyclic) bond motifs is 1. The second kappa shape index (κ2) is 12.1. The van der Waals surface area contributed by atoms with Crippen molar-refractivity contribution in [3.63, 3.8) is 0 Å². The van der Waals surface area contributed by atoms with Gasteiger partial charge in [-0.05, 0) is 43.2 Å². The number of sulfonamides is 1. The van der Waals surface area contributed by atoms with Gasteiger partial charge in [0.15, 0.2) is 6.61 Å². The quantitative estimate of drug-likeness (QED) is 0.472. The highest BCUT2D eigenvalue weighted by Crippen LogP contribution is 2.35. The summed E-state index contributed by atoms with van der Waals surface area (Å²) in [5, 5.41) is 3.64. The van der Waals surface area contributed by atoms with Crippen LogP contribution in [-0.4, -0.2) is 68.3 Å². The Labute approximate surface area is 201 Å². The van der Waals surface area contributed by atoms with Crippen molar-refractivity contribution in [1.82, 2.24) is 9.62 Å². The maximum atomic E-state index is 12.9. The van der Waals surface area contributed by atoms with Crippen molar-refractivity contribution >= 4 is 39.3 Å². The molecular formula is C23H35N3O5S2. The second-order valence-electron chi connectivity index (χ2n) is 8.32. The molecule has 0 aromatic heterocycles. The SMILES string of the molecule is CCN(CC)S(=O)(=O)c1ccc2c(c1)N(CC(=O)NCCCSC1CCCCC1)C(=O)CO2. The van der Waals surface area contributed by atoms with Gasteiger partial charge in [0.2, 0.25) is 15.9 Å². The lowest BCUT2D eigenvalue weighted by Gasteiger charge is -2.29. The fraction of sp³-hybridized carbons (Fsp3) is 0.652. The monoisotopic (exact) mass is 497 g/mol. The molecule has 1 N–H and O–H groups in total. The summed E-state index contributed by atoms with van der Waals surface area (Å²) in [6, 6.07) is 4.45. The van der Waals surface area contributed by atoms with Crippen LogP contribution >= 0.6 is 11.8 Å². The lowest BCUT2D eigenvalue weighted by Crippen LogP contribution is -2.45. The zero-order valence-electron chi connectivity index (χ0n) is 19.5. The molecule has 0 bridgehead atoms. The first kappa shape index (κ1) is 25.8. The predicted molar refractivity (Wildman–Crippen MR) is 131 cm³/mol. The third-order valence-electron chi connectivity index (χ3n) is 6.07. The first-order valence-electron chi connectivity index (χ1n) is 11.8. The largest absolute Gasteiger partial charge is 0.482 e. The van der Waals surface area contributed by atoms with Gasteiger partial charge in [-0.25, -0.2) is 8.42 Å². The number of rotatable bonds is 11. The Bertz CT molecular complexity index is 928. The molecule has 1 aliphatic heterocycles. The van der Waals surface area contributed by atoms with Crippen LogP contribution in [0, 0.1) is 0 Å². The van der Waals surface area contributed by atoms with Gasteiger partial charge in [0.25, 0.3) is 5.91 Å². The third-order valence-corrected chi connectivity index (χ3v) is 9.58.